The van der Waals surface area contributed by atoms with Crippen LogP contribution in [-0.2, 0) is 22.6 Å². The maximum Gasteiger partial charge on any atom is 0.261 e. The lowest BCUT2D eigenvalue weighted by atomic mass is 10.0. The van der Waals surface area contributed by atoms with Crippen molar-refractivity contribution >= 4 is 23.4 Å². The molecule has 0 saturated heterocycles. The van der Waals surface area contributed by atoms with Crippen LogP contribution < -0.4 is 10.1 Å². The van der Waals surface area contributed by atoms with Gasteiger partial charge in [0.25, 0.3) is 5.91 Å². The number of aryl methyl sites for hydroxylation is 2. The van der Waals surface area contributed by atoms with Gasteiger partial charge in [-0.2, -0.15) is 0 Å². The fraction of sp³-hybridized carbons (Fsp3) is 0.333. The van der Waals surface area contributed by atoms with Crippen molar-refractivity contribution in [2.24, 2.45) is 0 Å². The molecule has 0 aliphatic rings. The van der Waals surface area contributed by atoms with Gasteiger partial charge in [0.05, 0.1) is 0 Å². The van der Waals surface area contributed by atoms with E-state index in [9.17, 15) is 9.59 Å². The minimum absolute atomic E-state index is 0.175. The lowest BCUT2D eigenvalue weighted by Crippen LogP contribution is -2.55. The van der Waals surface area contributed by atoms with Crippen LogP contribution in [0.3, 0.4) is 0 Å². The molecule has 0 fully saturated rings. The van der Waals surface area contributed by atoms with Crippen LogP contribution in [0.4, 0.5) is 0 Å². The SMILES string of the molecule is Cc1ccc(OCC(=O)N(Cc2ccc(Cl)cc2)[C@@H](Cc2ccccc2)C(=O)NC(C)(C)C)c(C)c1. The minimum Gasteiger partial charge on any atom is -0.483 e. The van der Waals surface area contributed by atoms with Crippen molar-refractivity contribution in [2.75, 3.05) is 6.61 Å². The molecule has 1 N–H and O–H groups in total. The number of rotatable bonds is 9. The Morgan fingerprint density at radius 1 is 0.944 bits per heavy atom. The fourth-order valence-corrected chi connectivity index (χ4v) is 4.10. The number of hydrogen-bond donors (Lipinski definition) is 1. The normalized spacial score (nSPS) is 12.1. The van der Waals surface area contributed by atoms with Gasteiger partial charge in [-0.05, 0) is 69.5 Å². The summed E-state index contributed by atoms with van der Waals surface area (Å²) in [5, 5.41) is 3.68. The Hall–Kier alpha value is -3.31. The number of nitrogens with one attached hydrogen (secondary N) is 1. The summed E-state index contributed by atoms with van der Waals surface area (Å²) in [6, 6.07) is 22.2. The Kier molecular flexibility index (Phi) is 9.16. The van der Waals surface area contributed by atoms with Gasteiger partial charge in [-0.15, -0.1) is 0 Å². The average Bonchev–Trinajstić information content (AvgIpc) is 2.81. The van der Waals surface area contributed by atoms with E-state index in [1.54, 1.807) is 17.0 Å². The van der Waals surface area contributed by atoms with Gasteiger partial charge in [0.2, 0.25) is 5.91 Å². The molecule has 36 heavy (non-hydrogen) atoms. The van der Waals surface area contributed by atoms with Crippen molar-refractivity contribution in [1.29, 1.82) is 0 Å². The molecule has 0 saturated carbocycles. The monoisotopic (exact) mass is 506 g/mol. The quantitative estimate of drug-likeness (QED) is 0.393. The first kappa shape index (κ1) is 27.3. The van der Waals surface area contributed by atoms with E-state index in [1.807, 2.05) is 95.3 Å². The third-order valence-corrected chi connectivity index (χ3v) is 5.97. The summed E-state index contributed by atoms with van der Waals surface area (Å²) in [4.78, 5) is 28.8. The highest BCUT2D eigenvalue weighted by atomic mass is 35.5. The van der Waals surface area contributed by atoms with Gasteiger partial charge in [0, 0.05) is 23.5 Å². The second kappa shape index (κ2) is 12.1. The topological polar surface area (TPSA) is 58.6 Å². The number of carbonyl (C=O) groups excluding carboxylic acids is 2. The van der Waals surface area contributed by atoms with Crippen LogP contribution in [0.5, 0.6) is 5.75 Å². The predicted molar refractivity (Wildman–Crippen MR) is 145 cm³/mol. The Labute approximate surface area is 219 Å². The minimum atomic E-state index is -0.725. The average molecular weight is 507 g/mol. The standard InChI is InChI=1S/C30H35ClN2O3/c1-21-11-16-27(22(2)17-21)36-20-28(34)33(19-24-12-14-25(31)15-13-24)26(29(35)32-30(3,4)5)18-23-9-7-6-8-10-23/h6-17,26H,18-20H2,1-5H3,(H,32,35)/t26-/m0/s1. The van der Waals surface area contributed by atoms with Crippen LogP contribution in [0.15, 0.2) is 72.8 Å². The van der Waals surface area contributed by atoms with Crippen molar-refractivity contribution in [3.05, 3.63) is 100 Å². The number of hydrogen-bond acceptors (Lipinski definition) is 3. The Morgan fingerprint density at radius 3 is 2.22 bits per heavy atom. The molecule has 5 nitrogen and oxygen atoms in total. The molecule has 0 bridgehead atoms. The lowest BCUT2D eigenvalue weighted by Gasteiger charge is -2.33. The molecule has 0 radical (unpaired) electrons. The molecule has 3 aromatic carbocycles. The second-order valence-electron chi connectivity index (χ2n) is 10.2. The van der Waals surface area contributed by atoms with E-state index in [1.165, 1.54) is 0 Å². The first-order chi connectivity index (χ1) is 17.0. The molecule has 0 heterocycles. The van der Waals surface area contributed by atoms with Crippen LogP contribution in [0.1, 0.15) is 43.0 Å². The molecule has 2 amide bonds. The lowest BCUT2D eigenvalue weighted by molar-refractivity contribution is -0.143. The van der Waals surface area contributed by atoms with Crippen molar-refractivity contribution in [3.63, 3.8) is 0 Å². The first-order valence-corrected chi connectivity index (χ1v) is 12.5. The summed E-state index contributed by atoms with van der Waals surface area (Å²) in [7, 11) is 0. The van der Waals surface area contributed by atoms with Crippen LogP contribution in [-0.4, -0.2) is 34.9 Å². The zero-order valence-corrected chi connectivity index (χ0v) is 22.4. The predicted octanol–water partition coefficient (Wildman–Crippen LogP) is 5.89. The van der Waals surface area contributed by atoms with Gasteiger partial charge in [-0.25, -0.2) is 0 Å². The number of halogens is 1. The number of benzene rings is 3. The van der Waals surface area contributed by atoms with Gasteiger partial charge in [-0.3, -0.25) is 9.59 Å². The number of carbonyl (C=O) groups is 2. The van der Waals surface area contributed by atoms with E-state index in [-0.39, 0.29) is 25.0 Å². The largest absolute Gasteiger partial charge is 0.483 e. The van der Waals surface area contributed by atoms with E-state index >= 15 is 0 Å². The third-order valence-electron chi connectivity index (χ3n) is 5.72. The van der Waals surface area contributed by atoms with Crippen molar-refractivity contribution in [2.45, 2.75) is 59.2 Å². The zero-order chi connectivity index (χ0) is 26.3. The molecule has 6 heteroatoms. The Balaban J connectivity index is 1.93. The van der Waals surface area contributed by atoms with Gasteiger partial charge >= 0.3 is 0 Å². The molecule has 0 aliphatic carbocycles. The summed E-state index contributed by atoms with van der Waals surface area (Å²) >= 11 is 6.08. The highest BCUT2D eigenvalue weighted by Crippen LogP contribution is 2.21. The van der Waals surface area contributed by atoms with Crippen molar-refractivity contribution in [3.8, 4) is 5.75 Å². The summed E-state index contributed by atoms with van der Waals surface area (Å²) in [5.41, 5.74) is 3.48. The smallest absolute Gasteiger partial charge is 0.261 e. The molecular formula is C30H35ClN2O3. The summed E-state index contributed by atoms with van der Waals surface area (Å²) < 4.78 is 5.93. The van der Waals surface area contributed by atoms with Crippen LogP contribution in [0.2, 0.25) is 5.02 Å². The molecule has 190 valence electrons. The van der Waals surface area contributed by atoms with Crippen molar-refractivity contribution in [1.82, 2.24) is 10.2 Å². The maximum absolute atomic E-state index is 13.7. The summed E-state index contributed by atoms with van der Waals surface area (Å²) in [5.74, 6) is 0.175. The summed E-state index contributed by atoms with van der Waals surface area (Å²) in [6.07, 6.45) is 0.381. The molecular weight excluding hydrogens is 472 g/mol. The maximum atomic E-state index is 13.7. The first-order valence-electron chi connectivity index (χ1n) is 12.1. The van der Waals surface area contributed by atoms with E-state index in [0.717, 1.165) is 22.3 Å². The van der Waals surface area contributed by atoms with Gasteiger partial charge in [-0.1, -0.05) is 71.8 Å². The Bertz CT molecular complexity index is 1170. The number of nitrogens with zero attached hydrogens (tertiary/aromatic N) is 1. The molecule has 1 atom stereocenters. The number of amides is 2. The van der Waals surface area contributed by atoms with Gasteiger partial charge in [0.1, 0.15) is 11.8 Å². The van der Waals surface area contributed by atoms with Crippen LogP contribution in [0.25, 0.3) is 0 Å². The van der Waals surface area contributed by atoms with E-state index in [2.05, 4.69) is 5.32 Å². The third kappa shape index (κ3) is 8.13. The highest BCUT2D eigenvalue weighted by molar-refractivity contribution is 6.30. The van der Waals surface area contributed by atoms with Gasteiger partial charge < -0.3 is 15.0 Å². The molecule has 0 aromatic heterocycles. The van der Waals surface area contributed by atoms with E-state index in [4.69, 9.17) is 16.3 Å². The van der Waals surface area contributed by atoms with E-state index < -0.39 is 11.6 Å². The van der Waals surface area contributed by atoms with Crippen molar-refractivity contribution < 1.29 is 14.3 Å². The summed E-state index contributed by atoms with van der Waals surface area (Å²) in [6.45, 7) is 9.83. The fourth-order valence-electron chi connectivity index (χ4n) is 3.98. The van der Waals surface area contributed by atoms with Crippen LogP contribution in [0, 0.1) is 13.8 Å². The molecule has 0 spiro atoms. The van der Waals surface area contributed by atoms with Gasteiger partial charge in [0.15, 0.2) is 6.61 Å². The molecule has 0 unspecified atom stereocenters. The Morgan fingerprint density at radius 2 is 1.61 bits per heavy atom. The highest BCUT2D eigenvalue weighted by Gasteiger charge is 2.32. The molecule has 0 aliphatic heterocycles. The zero-order valence-electron chi connectivity index (χ0n) is 21.7. The molecule has 3 aromatic rings. The number of ether oxygens (including phenoxy) is 1. The second-order valence-corrected chi connectivity index (χ2v) is 10.6. The van der Waals surface area contributed by atoms with Crippen LogP contribution >= 0.6 is 11.6 Å². The molecule has 3 rings (SSSR count). The van der Waals surface area contributed by atoms with E-state index in [0.29, 0.717) is 17.2 Å².